The van der Waals surface area contributed by atoms with E-state index in [0.717, 1.165) is 48.0 Å². The molecule has 23 heavy (non-hydrogen) atoms. The van der Waals surface area contributed by atoms with E-state index in [1.807, 2.05) is 0 Å². The van der Waals surface area contributed by atoms with Crippen LogP contribution in [-0.4, -0.2) is 112 Å². The normalized spacial score (nSPS) is 17.1. The Balaban J connectivity index is 4.54. The van der Waals surface area contributed by atoms with E-state index in [-0.39, 0.29) is 12.2 Å². The van der Waals surface area contributed by atoms with E-state index in [1.165, 1.54) is 4.90 Å². The van der Waals surface area contributed by atoms with Crippen LogP contribution in [0.3, 0.4) is 0 Å². The maximum Gasteiger partial charge on any atom is 0.152 e. The molecular formula is C17H43N4O2+3. The highest BCUT2D eigenvalue weighted by molar-refractivity contribution is 4.55. The Morgan fingerprint density at radius 1 is 0.913 bits per heavy atom. The lowest BCUT2D eigenvalue weighted by atomic mass is 10.2. The van der Waals surface area contributed by atoms with E-state index < -0.39 is 0 Å². The Kier molecular flexibility index (Phi) is 10.5. The van der Waals surface area contributed by atoms with Crippen molar-refractivity contribution >= 4 is 0 Å². The molecule has 6 heteroatoms. The van der Waals surface area contributed by atoms with Crippen molar-refractivity contribution < 1.29 is 24.1 Å². The van der Waals surface area contributed by atoms with Gasteiger partial charge in [-0.15, -0.1) is 0 Å². The van der Waals surface area contributed by atoms with Gasteiger partial charge in [-0.25, -0.2) is 0 Å². The molecule has 0 aromatic rings. The summed E-state index contributed by atoms with van der Waals surface area (Å²) < 4.78 is 1.57. The fourth-order valence-electron chi connectivity index (χ4n) is 2.93. The number of aliphatic hydroxyl groups excluding tert-OH is 2. The zero-order valence-corrected chi connectivity index (χ0v) is 16.4. The van der Waals surface area contributed by atoms with Crippen molar-refractivity contribution in [3.05, 3.63) is 0 Å². The molecule has 3 unspecified atom stereocenters. The van der Waals surface area contributed by atoms with E-state index in [2.05, 4.69) is 42.2 Å². The van der Waals surface area contributed by atoms with Gasteiger partial charge in [0.05, 0.1) is 48.3 Å². The number of likely N-dealkylation sites (N-methyl/N-ethyl adjacent to an activating group) is 2. The van der Waals surface area contributed by atoms with E-state index in [4.69, 9.17) is 5.73 Å². The molecule has 0 aliphatic carbocycles. The van der Waals surface area contributed by atoms with Gasteiger partial charge in [0, 0.05) is 0 Å². The third kappa shape index (κ3) is 12.8. The van der Waals surface area contributed by atoms with Gasteiger partial charge in [-0.2, -0.15) is 0 Å². The van der Waals surface area contributed by atoms with Crippen molar-refractivity contribution in [2.75, 3.05) is 81.1 Å². The summed E-state index contributed by atoms with van der Waals surface area (Å²) in [6.07, 6.45) is 1.36. The van der Waals surface area contributed by atoms with Crippen molar-refractivity contribution in [1.29, 1.82) is 0 Å². The zero-order valence-electron chi connectivity index (χ0n) is 16.4. The Morgan fingerprint density at radius 2 is 1.43 bits per heavy atom. The molecule has 0 saturated heterocycles. The average Bonchev–Trinajstić information content (AvgIpc) is 2.35. The van der Waals surface area contributed by atoms with Crippen LogP contribution in [0.1, 0.15) is 19.8 Å². The van der Waals surface area contributed by atoms with Crippen molar-refractivity contribution in [3.63, 3.8) is 0 Å². The number of nitrogens with zero attached hydrogens (tertiary/aromatic N) is 2. The van der Waals surface area contributed by atoms with Crippen LogP contribution in [0.2, 0.25) is 0 Å². The predicted octanol–water partition coefficient (Wildman–Crippen LogP) is -1.87. The number of rotatable bonds is 13. The van der Waals surface area contributed by atoms with Gasteiger partial charge in [-0.3, -0.25) is 0 Å². The Bertz CT molecular complexity index is 305. The van der Waals surface area contributed by atoms with E-state index in [0.29, 0.717) is 19.6 Å². The van der Waals surface area contributed by atoms with Crippen LogP contribution in [0.15, 0.2) is 0 Å². The number of hydrogen-bond donors (Lipinski definition) is 4. The smallest absolute Gasteiger partial charge is 0.152 e. The lowest BCUT2D eigenvalue weighted by Gasteiger charge is -2.32. The summed E-state index contributed by atoms with van der Waals surface area (Å²) in [6.45, 7) is 7.68. The lowest BCUT2D eigenvalue weighted by Crippen LogP contribution is -3.14. The second-order valence-corrected chi connectivity index (χ2v) is 8.62. The molecular weight excluding hydrogens is 292 g/mol. The Labute approximate surface area is 143 Å². The molecule has 0 bridgehead atoms. The fraction of sp³-hybridized carbons (Fsp3) is 1.00. The van der Waals surface area contributed by atoms with Gasteiger partial charge in [0.15, 0.2) is 12.2 Å². The highest BCUT2D eigenvalue weighted by Crippen LogP contribution is 1.98. The minimum Gasteiger partial charge on any atom is -0.382 e. The number of nitrogens with one attached hydrogen (secondary N) is 1. The number of hydrogen-bond acceptors (Lipinski definition) is 3. The van der Waals surface area contributed by atoms with Crippen LogP contribution >= 0.6 is 0 Å². The van der Waals surface area contributed by atoms with Crippen LogP contribution in [0, 0.1) is 0 Å². The second-order valence-electron chi connectivity index (χ2n) is 8.62. The van der Waals surface area contributed by atoms with Crippen LogP contribution in [-0.2, 0) is 0 Å². The summed E-state index contributed by atoms with van der Waals surface area (Å²) in [7, 11) is 10.6. The van der Waals surface area contributed by atoms with E-state index in [9.17, 15) is 10.2 Å². The third-order valence-electron chi connectivity index (χ3n) is 4.35. The maximum absolute atomic E-state index is 10.4. The van der Waals surface area contributed by atoms with Gasteiger partial charge in [0.2, 0.25) is 0 Å². The Morgan fingerprint density at radius 3 is 1.87 bits per heavy atom. The zero-order chi connectivity index (χ0) is 18.1. The molecule has 3 atom stereocenters. The first-order chi connectivity index (χ1) is 10.5. The molecule has 0 amide bonds. The first kappa shape index (κ1) is 22.8. The molecule has 0 rings (SSSR count). The second kappa shape index (κ2) is 10.6. The Hall–Kier alpha value is -0.240. The summed E-state index contributed by atoms with van der Waals surface area (Å²) in [6, 6.07) is 0. The minimum atomic E-state index is -0.344. The van der Waals surface area contributed by atoms with E-state index >= 15 is 0 Å². The molecule has 0 spiro atoms. The summed E-state index contributed by atoms with van der Waals surface area (Å²) in [4.78, 5) is 1.28. The summed E-state index contributed by atoms with van der Waals surface area (Å²) >= 11 is 0. The molecule has 5 N–H and O–H groups in total. The lowest BCUT2D eigenvalue weighted by molar-refractivity contribution is -0.927. The summed E-state index contributed by atoms with van der Waals surface area (Å²) in [5.74, 6) is 0. The van der Waals surface area contributed by atoms with Crippen LogP contribution in [0.5, 0.6) is 0 Å². The van der Waals surface area contributed by atoms with Crippen molar-refractivity contribution in [1.82, 2.24) is 0 Å². The topological polar surface area (TPSA) is 70.9 Å². The third-order valence-corrected chi connectivity index (χ3v) is 4.35. The van der Waals surface area contributed by atoms with Gasteiger partial charge < -0.3 is 29.8 Å². The highest BCUT2D eigenvalue weighted by atomic mass is 16.3. The molecule has 0 radical (unpaired) electrons. The molecule has 0 heterocycles. The van der Waals surface area contributed by atoms with Crippen LogP contribution < -0.4 is 10.6 Å². The van der Waals surface area contributed by atoms with Crippen molar-refractivity contribution in [3.8, 4) is 0 Å². The van der Waals surface area contributed by atoms with Gasteiger partial charge in [0.1, 0.15) is 26.2 Å². The molecule has 0 aromatic heterocycles. The monoisotopic (exact) mass is 335 g/mol. The van der Waals surface area contributed by atoms with Gasteiger partial charge in [-0.05, 0) is 26.3 Å². The number of nitrogens with two attached hydrogens (primary N) is 1. The quantitative estimate of drug-likeness (QED) is 0.236. The number of unbranched alkanes of at least 4 members (excludes halogenated alkanes) is 1. The highest BCUT2D eigenvalue weighted by Gasteiger charge is 2.26. The molecule has 6 nitrogen and oxygen atoms in total. The fourth-order valence-corrected chi connectivity index (χ4v) is 2.93. The summed E-state index contributed by atoms with van der Waals surface area (Å²) in [5.41, 5.74) is 5.59. The van der Waals surface area contributed by atoms with Crippen LogP contribution in [0.4, 0.5) is 0 Å². The molecule has 0 aromatic carbocycles. The molecule has 0 aliphatic rings. The van der Waals surface area contributed by atoms with Gasteiger partial charge in [-0.1, -0.05) is 0 Å². The predicted molar refractivity (Wildman–Crippen MR) is 96.3 cm³/mol. The van der Waals surface area contributed by atoms with Crippen molar-refractivity contribution in [2.24, 2.45) is 5.73 Å². The van der Waals surface area contributed by atoms with Crippen LogP contribution in [0.25, 0.3) is 0 Å². The first-order valence-corrected chi connectivity index (χ1v) is 9.01. The number of quaternary nitrogens is 3. The molecule has 0 aliphatic heterocycles. The SMILES string of the molecule is CC[N+](C)(C)CC(O)C[NH+](CCCCN)CC(O)C[N+](C)(C)C. The first-order valence-electron chi connectivity index (χ1n) is 9.01. The van der Waals surface area contributed by atoms with Gasteiger partial charge >= 0.3 is 0 Å². The molecule has 0 saturated carbocycles. The molecule has 140 valence electrons. The van der Waals surface area contributed by atoms with Crippen molar-refractivity contribution in [2.45, 2.75) is 32.0 Å². The largest absolute Gasteiger partial charge is 0.382 e. The summed E-state index contributed by atoms with van der Waals surface area (Å²) in [5, 5.41) is 20.8. The maximum atomic E-state index is 10.4. The molecule has 0 fully saturated rings. The average molecular weight is 336 g/mol. The van der Waals surface area contributed by atoms with E-state index in [1.54, 1.807) is 0 Å². The minimum absolute atomic E-state index is 0.339. The standard InChI is InChI=1S/C17H42N4O2/c1-7-21(5,6)15-17(23)13-19(11-9-8-10-18)12-16(22)14-20(2,3)4/h16-17,22-23H,7-15,18H2,1-6H3/q+2/p+1. The van der Waals surface area contributed by atoms with Gasteiger partial charge in [0.25, 0.3) is 0 Å². The number of aliphatic hydroxyl groups is 2.